The van der Waals surface area contributed by atoms with Gasteiger partial charge in [-0.2, -0.15) is 10.4 Å². The number of nitriles is 1. The molecule has 2 rings (SSSR count). The Bertz CT molecular complexity index is 622. The molecule has 6 nitrogen and oxygen atoms in total. The van der Waals surface area contributed by atoms with Crippen molar-refractivity contribution in [1.82, 2.24) is 10.2 Å². The second kappa shape index (κ2) is 5.69. The number of hydrogen-bond donors (Lipinski definition) is 1. The van der Waals surface area contributed by atoms with E-state index in [-0.39, 0.29) is 0 Å². The van der Waals surface area contributed by atoms with E-state index in [0.717, 1.165) is 0 Å². The van der Waals surface area contributed by atoms with Gasteiger partial charge in [0.05, 0.1) is 31.7 Å². The molecule has 0 atom stereocenters. The number of methoxy groups -OCH3 is 2. The summed E-state index contributed by atoms with van der Waals surface area (Å²) in [6.45, 7) is 0. The number of ether oxygens (including phenoxy) is 2. The van der Waals surface area contributed by atoms with Crippen LogP contribution in [0, 0.1) is 11.3 Å². The van der Waals surface area contributed by atoms with Crippen molar-refractivity contribution in [2.75, 3.05) is 19.5 Å². The largest absolute Gasteiger partial charge is 0.497 e. The molecule has 6 heteroatoms. The van der Waals surface area contributed by atoms with Gasteiger partial charge in [-0.3, -0.25) is 0 Å². The Balaban J connectivity index is 2.39. The number of nitrogens with one attached hydrogen (secondary N) is 1. The Kier molecular flexibility index (Phi) is 3.78. The Morgan fingerprint density at radius 1 is 1.21 bits per heavy atom. The SMILES string of the molecule is COc1ccc(OC)c(Nc2nnccc2C#N)c1. The zero-order valence-corrected chi connectivity index (χ0v) is 10.5. The van der Waals surface area contributed by atoms with Gasteiger partial charge in [0.2, 0.25) is 0 Å². The van der Waals surface area contributed by atoms with Crippen LogP contribution in [-0.4, -0.2) is 24.4 Å². The van der Waals surface area contributed by atoms with Crippen LogP contribution in [0.2, 0.25) is 0 Å². The highest BCUT2D eigenvalue weighted by atomic mass is 16.5. The summed E-state index contributed by atoms with van der Waals surface area (Å²) < 4.78 is 10.4. The van der Waals surface area contributed by atoms with E-state index in [9.17, 15) is 0 Å². The van der Waals surface area contributed by atoms with Crippen molar-refractivity contribution in [2.24, 2.45) is 0 Å². The van der Waals surface area contributed by atoms with Crippen molar-refractivity contribution in [2.45, 2.75) is 0 Å². The maximum absolute atomic E-state index is 9.01. The maximum Gasteiger partial charge on any atom is 0.171 e. The molecule has 96 valence electrons. The molecule has 1 N–H and O–H groups in total. The van der Waals surface area contributed by atoms with Gasteiger partial charge in [0.15, 0.2) is 5.82 Å². The molecular weight excluding hydrogens is 244 g/mol. The number of hydrogen-bond acceptors (Lipinski definition) is 6. The minimum atomic E-state index is 0.372. The molecule has 0 spiro atoms. The van der Waals surface area contributed by atoms with Crippen LogP contribution in [0.4, 0.5) is 11.5 Å². The van der Waals surface area contributed by atoms with Crippen LogP contribution in [0.1, 0.15) is 5.56 Å². The first-order chi connectivity index (χ1) is 9.28. The van der Waals surface area contributed by atoms with E-state index in [0.29, 0.717) is 28.6 Å². The zero-order chi connectivity index (χ0) is 13.7. The van der Waals surface area contributed by atoms with E-state index in [2.05, 4.69) is 15.5 Å². The van der Waals surface area contributed by atoms with Gasteiger partial charge >= 0.3 is 0 Å². The molecule has 19 heavy (non-hydrogen) atoms. The molecule has 0 radical (unpaired) electrons. The maximum atomic E-state index is 9.01. The normalized spacial score (nSPS) is 9.53. The van der Waals surface area contributed by atoms with Gasteiger partial charge in [0.1, 0.15) is 17.6 Å². The van der Waals surface area contributed by atoms with Crippen LogP contribution < -0.4 is 14.8 Å². The third-order valence-corrected chi connectivity index (χ3v) is 2.50. The lowest BCUT2D eigenvalue weighted by molar-refractivity contribution is 0.405. The van der Waals surface area contributed by atoms with Crippen molar-refractivity contribution in [3.8, 4) is 17.6 Å². The molecule has 0 saturated heterocycles. The van der Waals surface area contributed by atoms with Crippen molar-refractivity contribution in [3.63, 3.8) is 0 Å². The van der Waals surface area contributed by atoms with Gasteiger partial charge in [-0.05, 0) is 18.2 Å². The number of anilines is 2. The topological polar surface area (TPSA) is 80.1 Å². The van der Waals surface area contributed by atoms with Gasteiger partial charge in [0, 0.05) is 6.07 Å². The van der Waals surface area contributed by atoms with Gasteiger partial charge in [-0.25, -0.2) is 0 Å². The van der Waals surface area contributed by atoms with Crippen LogP contribution >= 0.6 is 0 Å². The van der Waals surface area contributed by atoms with Gasteiger partial charge in [-0.15, -0.1) is 5.10 Å². The molecular formula is C13H12N4O2. The molecule has 2 aromatic rings. The summed E-state index contributed by atoms with van der Waals surface area (Å²) >= 11 is 0. The summed E-state index contributed by atoms with van der Waals surface area (Å²) in [7, 11) is 3.14. The number of rotatable bonds is 4. The van der Waals surface area contributed by atoms with Crippen LogP contribution in [-0.2, 0) is 0 Å². The molecule has 0 bridgehead atoms. The Morgan fingerprint density at radius 2 is 2.05 bits per heavy atom. The third kappa shape index (κ3) is 2.72. The average Bonchev–Trinajstić information content (AvgIpc) is 2.47. The molecule has 0 unspecified atom stereocenters. The fraction of sp³-hybridized carbons (Fsp3) is 0.154. The van der Waals surface area contributed by atoms with Crippen molar-refractivity contribution in [3.05, 3.63) is 36.0 Å². The summed E-state index contributed by atoms with van der Waals surface area (Å²) in [4.78, 5) is 0. The lowest BCUT2D eigenvalue weighted by Gasteiger charge is -2.12. The van der Waals surface area contributed by atoms with E-state index in [1.165, 1.54) is 6.20 Å². The summed E-state index contributed by atoms with van der Waals surface area (Å²) in [6.07, 6.45) is 1.46. The second-order valence-electron chi connectivity index (χ2n) is 3.60. The monoisotopic (exact) mass is 256 g/mol. The molecule has 0 saturated carbocycles. The fourth-order valence-corrected chi connectivity index (χ4v) is 1.55. The predicted molar refractivity (Wildman–Crippen MR) is 69.6 cm³/mol. The van der Waals surface area contributed by atoms with Gasteiger partial charge in [-0.1, -0.05) is 0 Å². The minimum absolute atomic E-state index is 0.372. The first-order valence-electron chi connectivity index (χ1n) is 5.49. The highest BCUT2D eigenvalue weighted by Gasteiger charge is 2.09. The van der Waals surface area contributed by atoms with E-state index in [4.69, 9.17) is 14.7 Å². The molecule has 0 aliphatic carbocycles. The first kappa shape index (κ1) is 12.6. The summed E-state index contributed by atoms with van der Waals surface area (Å²) in [5.41, 5.74) is 1.05. The molecule has 0 aliphatic heterocycles. The summed E-state index contributed by atoms with van der Waals surface area (Å²) in [5, 5.41) is 19.7. The van der Waals surface area contributed by atoms with Gasteiger partial charge in [0.25, 0.3) is 0 Å². The molecule has 0 aliphatic rings. The summed E-state index contributed by atoms with van der Waals surface area (Å²) in [5.74, 6) is 1.66. The average molecular weight is 256 g/mol. The number of nitrogens with zero attached hydrogens (tertiary/aromatic N) is 3. The van der Waals surface area contributed by atoms with Crippen molar-refractivity contribution >= 4 is 11.5 Å². The van der Waals surface area contributed by atoms with E-state index < -0.39 is 0 Å². The van der Waals surface area contributed by atoms with Crippen LogP contribution in [0.25, 0.3) is 0 Å². The number of aromatic nitrogens is 2. The van der Waals surface area contributed by atoms with Crippen LogP contribution in [0.15, 0.2) is 30.5 Å². The minimum Gasteiger partial charge on any atom is -0.497 e. The van der Waals surface area contributed by atoms with Crippen molar-refractivity contribution in [1.29, 1.82) is 5.26 Å². The highest BCUT2D eigenvalue weighted by molar-refractivity contribution is 5.69. The molecule has 1 heterocycles. The summed E-state index contributed by atoms with van der Waals surface area (Å²) in [6, 6.07) is 8.94. The molecule has 1 aromatic heterocycles. The standard InChI is InChI=1S/C13H12N4O2/c1-18-10-3-4-12(19-2)11(7-10)16-13-9(8-14)5-6-15-17-13/h3-7H,1-2H3,(H,16,17). The van der Waals surface area contributed by atoms with E-state index in [1.807, 2.05) is 6.07 Å². The first-order valence-corrected chi connectivity index (χ1v) is 5.49. The lowest BCUT2D eigenvalue weighted by Crippen LogP contribution is -2.00. The van der Waals surface area contributed by atoms with Crippen molar-refractivity contribution < 1.29 is 9.47 Å². The lowest BCUT2D eigenvalue weighted by atomic mass is 10.2. The number of benzene rings is 1. The van der Waals surface area contributed by atoms with E-state index in [1.54, 1.807) is 38.5 Å². The highest BCUT2D eigenvalue weighted by Crippen LogP contribution is 2.31. The predicted octanol–water partition coefficient (Wildman–Crippen LogP) is 2.11. The van der Waals surface area contributed by atoms with E-state index >= 15 is 0 Å². The second-order valence-corrected chi connectivity index (χ2v) is 3.60. The quantitative estimate of drug-likeness (QED) is 0.902. The smallest absolute Gasteiger partial charge is 0.171 e. The molecule has 0 amide bonds. The van der Waals surface area contributed by atoms with Crippen LogP contribution in [0.3, 0.4) is 0 Å². The Morgan fingerprint density at radius 3 is 2.74 bits per heavy atom. The van der Waals surface area contributed by atoms with Gasteiger partial charge < -0.3 is 14.8 Å². The zero-order valence-electron chi connectivity index (χ0n) is 10.5. The Labute approximate surface area is 110 Å². The van der Waals surface area contributed by atoms with Crippen LogP contribution in [0.5, 0.6) is 11.5 Å². The molecule has 0 fully saturated rings. The third-order valence-electron chi connectivity index (χ3n) is 2.50. The fourth-order valence-electron chi connectivity index (χ4n) is 1.55. The molecule has 1 aromatic carbocycles. The Hall–Kier alpha value is -2.81.